The van der Waals surface area contributed by atoms with Crippen LogP contribution in [0.2, 0.25) is 0 Å². The Bertz CT molecular complexity index is 319. The Morgan fingerprint density at radius 3 is 2.59 bits per heavy atom. The van der Waals surface area contributed by atoms with Crippen molar-refractivity contribution in [3.8, 4) is 0 Å². The Morgan fingerprint density at radius 1 is 1.65 bits per heavy atom. The second kappa shape index (κ2) is 4.91. The molecule has 1 rings (SSSR count). The Hall–Kier alpha value is -1.31. The molecule has 2 N–H and O–H groups in total. The molecule has 0 saturated carbocycles. The number of halogens is 3. The van der Waals surface area contributed by atoms with Crippen LogP contribution < -0.4 is 5.32 Å². The number of hydrogen-bond acceptors (Lipinski definition) is 3. The van der Waals surface area contributed by atoms with Crippen LogP contribution in [-0.4, -0.2) is 54.2 Å². The van der Waals surface area contributed by atoms with Gasteiger partial charge in [-0.15, -0.1) is 0 Å². The number of alkyl halides is 3. The molecule has 0 aromatic rings. The Labute approximate surface area is 95.6 Å². The fourth-order valence-corrected chi connectivity index (χ4v) is 1.61. The third kappa shape index (κ3) is 3.32. The van der Waals surface area contributed by atoms with Crippen LogP contribution in [0.15, 0.2) is 0 Å². The first kappa shape index (κ1) is 13.8. The van der Waals surface area contributed by atoms with Gasteiger partial charge in [-0.05, 0) is 6.42 Å². The molecule has 0 aromatic heterocycles. The van der Waals surface area contributed by atoms with Crippen LogP contribution in [0, 0.1) is 5.92 Å². The molecule has 8 heteroatoms. The summed E-state index contributed by atoms with van der Waals surface area (Å²) in [5.41, 5.74) is 0. The molecule has 2 unspecified atom stereocenters. The largest absolute Gasteiger partial charge is 0.481 e. The van der Waals surface area contributed by atoms with Crippen molar-refractivity contribution in [2.24, 2.45) is 5.92 Å². The highest BCUT2D eigenvalue weighted by Gasteiger charge is 2.45. The molecule has 98 valence electrons. The number of nitrogens with one attached hydrogen (secondary N) is 1. The Morgan fingerprint density at radius 2 is 2.24 bits per heavy atom. The first-order valence-corrected chi connectivity index (χ1v) is 5.01. The standard InChI is InChI=1S/C9H13F3N2O3/c1-14-3-2-6(7(14)15)13-4-5(8(16)17)9(10,11)12/h5-6,13H,2-4H2,1H3,(H,16,17). The smallest absolute Gasteiger partial charge is 0.403 e. The molecular formula is C9H13F3N2O3. The lowest BCUT2D eigenvalue weighted by Gasteiger charge is -2.18. The monoisotopic (exact) mass is 254 g/mol. The average Bonchev–Trinajstić information content (AvgIpc) is 2.47. The number of carboxylic acids is 1. The maximum atomic E-state index is 12.3. The van der Waals surface area contributed by atoms with Crippen molar-refractivity contribution in [1.29, 1.82) is 0 Å². The van der Waals surface area contributed by atoms with Crippen molar-refractivity contribution in [1.82, 2.24) is 10.2 Å². The predicted octanol–water partition coefficient (Wildman–Crippen LogP) is 0.0698. The zero-order valence-electron chi connectivity index (χ0n) is 9.12. The van der Waals surface area contributed by atoms with E-state index in [4.69, 9.17) is 5.11 Å². The highest BCUT2D eigenvalue weighted by molar-refractivity contribution is 5.83. The van der Waals surface area contributed by atoms with Gasteiger partial charge in [0.05, 0.1) is 6.04 Å². The van der Waals surface area contributed by atoms with Crippen molar-refractivity contribution < 1.29 is 27.9 Å². The first-order valence-electron chi connectivity index (χ1n) is 5.01. The Balaban J connectivity index is 2.54. The summed E-state index contributed by atoms with van der Waals surface area (Å²) < 4.78 is 36.9. The quantitative estimate of drug-likeness (QED) is 0.745. The summed E-state index contributed by atoms with van der Waals surface area (Å²) in [6.07, 6.45) is -4.42. The molecule has 1 aliphatic rings. The molecule has 17 heavy (non-hydrogen) atoms. The maximum Gasteiger partial charge on any atom is 0.403 e. The lowest BCUT2D eigenvalue weighted by molar-refractivity contribution is -0.192. The summed E-state index contributed by atoms with van der Waals surface area (Å²) in [6, 6.07) is -0.718. The van der Waals surface area contributed by atoms with E-state index < -0.39 is 30.7 Å². The van der Waals surface area contributed by atoms with E-state index in [0.717, 1.165) is 0 Å². The summed E-state index contributed by atoms with van der Waals surface area (Å²) >= 11 is 0. The number of rotatable bonds is 4. The minimum atomic E-state index is -4.81. The van der Waals surface area contributed by atoms with E-state index >= 15 is 0 Å². The van der Waals surface area contributed by atoms with Gasteiger partial charge in [-0.2, -0.15) is 13.2 Å². The molecule has 0 radical (unpaired) electrons. The van der Waals surface area contributed by atoms with E-state index in [-0.39, 0.29) is 5.91 Å². The SMILES string of the molecule is CN1CCC(NCC(C(=O)O)C(F)(F)F)C1=O. The van der Waals surface area contributed by atoms with Crippen LogP contribution in [0.25, 0.3) is 0 Å². The number of likely N-dealkylation sites (tertiary alicyclic amines) is 1. The van der Waals surface area contributed by atoms with Gasteiger partial charge >= 0.3 is 12.1 Å². The fraction of sp³-hybridized carbons (Fsp3) is 0.778. The number of nitrogens with zero attached hydrogens (tertiary/aromatic N) is 1. The summed E-state index contributed by atoms with van der Waals surface area (Å²) in [6.45, 7) is -0.330. The molecule has 2 atom stereocenters. The summed E-state index contributed by atoms with van der Waals surface area (Å²) in [5.74, 6) is -4.73. The lowest BCUT2D eigenvalue weighted by atomic mass is 10.1. The van der Waals surface area contributed by atoms with E-state index in [1.54, 1.807) is 7.05 Å². The molecule has 1 amide bonds. The predicted molar refractivity (Wildman–Crippen MR) is 51.2 cm³/mol. The maximum absolute atomic E-state index is 12.3. The van der Waals surface area contributed by atoms with Crippen LogP contribution in [-0.2, 0) is 9.59 Å². The lowest BCUT2D eigenvalue weighted by Crippen LogP contribution is -2.45. The summed E-state index contributed by atoms with van der Waals surface area (Å²) in [5, 5.41) is 10.8. The van der Waals surface area contributed by atoms with Gasteiger partial charge in [-0.3, -0.25) is 9.59 Å². The highest BCUT2D eigenvalue weighted by atomic mass is 19.4. The number of aliphatic carboxylic acids is 1. The minimum absolute atomic E-state index is 0.309. The van der Waals surface area contributed by atoms with Crippen LogP contribution in [0.5, 0.6) is 0 Å². The molecular weight excluding hydrogens is 241 g/mol. The normalized spacial score (nSPS) is 22.9. The number of carboxylic acid groups (broad SMARTS) is 1. The van der Waals surface area contributed by atoms with E-state index in [1.807, 2.05) is 0 Å². The molecule has 0 aliphatic carbocycles. The second-order valence-electron chi connectivity index (χ2n) is 3.94. The number of carbonyl (C=O) groups is 2. The van der Waals surface area contributed by atoms with Crippen molar-refractivity contribution in [2.75, 3.05) is 20.1 Å². The van der Waals surface area contributed by atoms with Gasteiger partial charge in [0.25, 0.3) is 0 Å². The van der Waals surface area contributed by atoms with E-state index in [1.165, 1.54) is 4.90 Å². The molecule has 1 saturated heterocycles. The van der Waals surface area contributed by atoms with E-state index in [0.29, 0.717) is 13.0 Å². The van der Waals surface area contributed by atoms with E-state index in [2.05, 4.69) is 5.32 Å². The first-order chi connectivity index (χ1) is 7.73. The van der Waals surface area contributed by atoms with Crippen molar-refractivity contribution >= 4 is 11.9 Å². The van der Waals surface area contributed by atoms with Gasteiger partial charge in [0.15, 0.2) is 5.92 Å². The van der Waals surface area contributed by atoms with Crippen molar-refractivity contribution in [3.63, 3.8) is 0 Å². The molecule has 1 aliphatic heterocycles. The molecule has 0 aromatic carbocycles. The van der Waals surface area contributed by atoms with Crippen LogP contribution in [0.4, 0.5) is 13.2 Å². The zero-order chi connectivity index (χ0) is 13.2. The summed E-state index contributed by atoms with van der Waals surface area (Å²) in [4.78, 5) is 23.2. The van der Waals surface area contributed by atoms with Gasteiger partial charge < -0.3 is 15.3 Å². The number of hydrogen-bond donors (Lipinski definition) is 2. The van der Waals surface area contributed by atoms with Crippen molar-refractivity contribution in [3.05, 3.63) is 0 Å². The highest BCUT2D eigenvalue weighted by Crippen LogP contribution is 2.26. The van der Waals surface area contributed by atoms with Gasteiger partial charge in [0, 0.05) is 20.1 Å². The fourth-order valence-electron chi connectivity index (χ4n) is 1.61. The molecule has 0 spiro atoms. The van der Waals surface area contributed by atoms with Crippen LogP contribution >= 0.6 is 0 Å². The average molecular weight is 254 g/mol. The van der Waals surface area contributed by atoms with Crippen LogP contribution in [0.1, 0.15) is 6.42 Å². The molecule has 1 fully saturated rings. The van der Waals surface area contributed by atoms with Gasteiger partial charge in [-0.25, -0.2) is 0 Å². The zero-order valence-corrected chi connectivity index (χ0v) is 9.12. The van der Waals surface area contributed by atoms with Crippen molar-refractivity contribution in [2.45, 2.75) is 18.6 Å². The van der Waals surface area contributed by atoms with E-state index in [9.17, 15) is 22.8 Å². The number of likely N-dealkylation sites (N-methyl/N-ethyl adjacent to an activating group) is 1. The molecule has 5 nitrogen and oxygen atoms in total. The number of carbonyl (C=O) groups excluding carboxylic acids is 1. The minimum Gasteiger partial charge on any atom is -0.481 e. The van der Waals surface area contributed by atoms with Crippen LogP contribution in [0.3, 0.4) is 0 Å². The Kier molecular flexibility index (Phi) is 3.97. The van der Waals surface area contributed by atoms with Gasteiger partial charge in [0.2, 0.25) is 5.91 Å². The topological polar surface area (TPSA) is 69.6 Å². The third-order valence-electron chi connectivity index (χ3n) is 2.69. The molecule has 1 heterocycles. The second-order valence-corrected chi connectivity index (χ2v) is 3.94. The molecule has 0 bridgehead atoms. The third-order valence-corrected chi connectivity index (χ3v) is 2.69. The van der Waals surface area contributed by atoms with Gasteiger partial charge in [0.1, 0.15) is 0 Å². The summed E-state index contributed by atoms with van der Waals surface area (Å²) in [7, 11) is 1.54. The van der Waals surface area contributed by atoms with Gasteiger partial charge in [-0.1, -0.05) is 0 Å². The number of amides is 1.